The Balaban J connectivity index is 2.43. The number of ketones is 1. The topological polar surface area (TPSA) is 34.9 Å². The highest BCUT2D eigenvalue weighted by atomic mass is 16.1. The first-order chi connectivity index (χ1) is 10.1. The molecule has 1 aromatic carbocycles. The molecule has 3 nitrogen and oxygen atoms in total. The second-order valence-electron chi connectivity index (χ2n) is 7.90. The van der Waals surface area contributed by atoms with E-state index in [1.165, 1.54) is 5.56 Å². The summed E-state index contributed by atoms with van der Waals surface area (Å²) in [7, 11) is 0. The fraction of sp³-hybridized carbons (Fsp3) is 0.474. The van der Waals surface area contributed by atoms with E-state index in [0.717, 1.165) is 11.3 Å². The first-order valence-corrected chi connectivity index (χ1v) is 7.76. The van der Waals surface area contributed by atoms with Gasteiger partial charge < -0.3 is 0 Å². The summed E-state index contributed by atoms with van der Waals surface area (Å²) in [6, 6.07) is 8.18. The molecule has 0 atom stereocenters. The average molecular weight is 298 g/mol. The van der Waals surface area contributed by atoms with E-state index < -0.39 is 0 Å². The van der Waals surface area contributed by atoms with Crippen molar-refractivity contribution < 1.29 is 4.79 Å². The molecule has 0 radical (unpaired) electrons. The summed E-state index contributed by atoms with van der Waals surface area (Å²) >= 11 is 0. The largest absolute Gasteiger partial charge is 0.299 e. The van der Waals surface area contributed by atoms with Gasteiger partial charge in [0.15, 0.2) is 0 Å². The normalized spacial score (nSPS) is 12.5. The molecular formula is C19H26N2O. The van der Waals surface area contributed by atoms with Crippen LogP contribution in [0.2, 0.25) is 0 Å². The summed E-state index contributed by atoms with van der Waals surface area (Å²) < 4.78 is 1.88. The van der Waals surface area contributed by atoms with Crippen molar-refractivity contribution >= 4 is 5.78 Å². The highest BCUT2D eigenvalue weighted by molar-refractivity contribution is 5.85. The zero-order valence-corrected chi connectivity index (χ0v) is 14.5. The Bertz CT molecular complexity index is 656. The minimum Gasteiger partial charge on any atom is -0.299 e. The van der Waals surface area contributed by atoms with Gasteiger partial charge in [0.05, 0.1) is 5.69 Å². The maximum Gasteiger partial charge on any atom is 0.142 e. The molecule has 0 unspecified atom stereocenters. The van der Waals surface area contributed by atoms with Crippen molar-refractivity contribution in [3.63, 3.8) is 0 Å². The number of carbonyl (C=O) groups is 1. The van der Waals surface area contributed by atoms with E-state index in [-0.39, 0.29) is 16.6 Å². The maximum atomic E-state index is 12.3. The van der Waals surface area contributed by atoms with Gasteiger partial charge in [-0.15, -0.1) is 0 Å². The molecule has 2 rings (SSSR count). The average Bonchev–Trinajstić information content (AvgIpc) is 2.90. The van der Waals surface area contributed by atoms with Crippen LogP contribution in [-0.2, 0) is 16.6 Å². The first kappa shape index (κ1) is 16.5. The summed E-state index contributed by atoms with van der Waals surface area (Å²) in [6.45, 7) is 12.5. The first-order valence-electron chi connectivity index (χ1n) is 7.76. The second-order valence-corrected chi connectivity index (χ2v) is 7.90. The Morgan fingerprint density at radius 2 is 1.82 bits per heavy atom. The number of benzene rings is 1. The van der Waals surface area contributed by atoms with Gasteiger partial charge in [0.1, 0.15) is 5.78 Å². The maximum absolute atomic E-state index is 12.3. The number of hydrogen-bond donors (Lipinski definition) is 0. The smallest absolute Gasteiger partial charge is 0.142 e. The van der Waals surface area contributed by atoms with E-state index in [1.807, 2.05) is 43.8 Å². The van der Waals surface area contributed by atoms with Crippen molar-refractivity contribution in [2.24, 2.45) is 5.41 Å². The molecule has 1 heterocycles. The van der Waals surface area contributed by atoms with Crippen molar-refractivity contribution in [1.82, 2.24) is 9.78 Å². The van der Waals surface area contributed by atoms with Gasteiger partial charge in [-0.3, -0.25) is 4.79 Å². The predicted molar refractivity (Wildman–Crippen MR) is 90.4 cm³/mol. The molecule has 1 aromatic heterocycles. The van der Waals surface area contributed by atoms with Crippen LogP contribution in [0.25, 0.3) is 5.69 Å². The summed E-state index contributed by atoms with van der Waals surface area (Å²) in [6.07, 6.45) is 4.21. The highest BCUT2D eigenvalue weighted by Gasteiger charge is 2.23. The second kappa shape index (κ2) is 5.71. The quantitative estimate of drug-likeness (QED) is 0.845. The molecule has 22 heavy (non-hydrogen) atoms. The van der Waals surface area contributed by atoms with Gasteiger partial charge in [-0.05, 0) is 28.7 Å². The van der Waals surface area contributed by atoms with Crippen LogP contribution in [0.1, 0.15) is 52.7 Å². The van der Waals surface area contributed by atoms with E-state index in [4.69, 9.17) is 0 Å². The molecule has 0 aliphatic heterocycles. The van der Waals surface area contributed by atoms with Gasteiger partial charge in [-0.25, -0.2) is 4.68 Å². The molecular weight excluding hydrogens is 272 g/mol. The number of hydrogen-bond acceptors (Lipinski definition) is 2. The third kappa shape index (κ3) is 3.65. The molecule has 0 aliphatic rings. The fourth-order valence-electron chi connectivity index (χ4n) is 2.36. The van der Waals surface area contributed by atoms with Crippen molar-refractivity contribution in [2.45, 2.75) is 53.4 Å². The van der Waals surface area contributed by atoms with Crippen molar-refractivity contribution in [3.05, 3.63) is 47.8 Å². The van der Waals surface area contributed by atoms with Gasteiger partial charge in [0.2, 0.25) is 0 Å². The molecule has 3 heteroatoms. The number of nitrogens with zero attached hydrogens (tertiary/aromatic N) is 2. The lowest BCUT2D eigenvalue weighted by atomic mass is 9.82. The minimum absolute atomic E-state index is 0.0118. The van der Waals surface area contributed by atoms with Crippen LogP contribution in [0, 0.1) is 5.41 Å². The molecule has 0 aliphatic carbocycles. The number of carbonyl (C=O) groups excluding carboxylic acids is 1. The van der Waals surface area contributed by atoms with Crippen molar-refractivity contribution in [2.75, 3.05) is 0 Å². The van der Waals surface area contributed by atoms with E-state index in [2.05, 4.69) is 38.0 Å². The monoisotopic (exact) mass is 298 g/mol. The molecule has 0 amide bonds. The molecule has 0 saturated carbocycles. The SMILES string of the molecule is CC(C)(C)C(=O)Cc1ccc(-n2cccn2)c(C(C)(C)C)c1. The number of Topliss-reactive ketones (excluding diaryl/α,β-unsaturated/α-hetero) is 1. The van der Waals surface area contributed by atoms with Crippen LogP contribution in [0.15, 0.2) is 36.7 Å². The van der Waals surface area contributed by atoms with Gasteiger partial charge in [-0.2, -0.15) is 5.10 Å². The van der Waals surface area contributed by atoms with Crippen molar-refractivity contribution in [1.29, 1.82) is 0 Å². The molecule has 0 spiro atoms. The Labute approximate surface area is 133 Å². The molecule has 0 bridgehead atoms. The van der Waals surface area contributed by atoms with Gasteiger partial charge in [0, 0.05) is 24.2 Å². The molecule has 118 valence electrons. The van der Waals surface area contributed by atoms with Crippen LogP contribution in [0.5, 0.6) is 0 Å². The molecule has 0 fully saturated rings. The van der Waals surface area contributed by atoms with Crippen LogP contribution >= 0.6 is 0 Å². The molecule has 0 saturated heterocycles. The lowest BCUT2D eigenvalue weighted by Crippen LogP contribution is -2.23. The fourth-order valence-corrected chi connectivity index (χ4v) is 2.36. The molecule has 2 aromatic rings. The third-order valence-corrected chi connectivity index (χ3v) is 3.82. The van der Waals surface area contributed by atoms with Gasteiger partial charge in [-0.1, -0.05) is 53.7 Å². The zero-order chi connectivity index (χ0) is 16.5. The van der Waals surface area contributed by atoms with E-state index in [0.29, 0.717) is 6.42 Å². The third-order valence-electron chi connectivity index (χ3n) is 3.82. The van der Waals surface area contributed by atoms with Crippen LogP contribution < -0.4 is 0 Å². The van der Waals surface area contributed by atoms with Crippen LogP contribution in [0.3, 0.4) is 0 Å². The van der Waals surface area contributed by atoms with Gasteiger partial charge >= 0.3 is 0 Å². The van der Waals surface area contributed by atoms with E-state index in [1.54, 1.807) is 6.20 Å². The standard InChI is InChI=1S/C19H26N2O/c1-18(2,3)15-12-14(13-17(22)19(4,5)6)8-9-16(15)21-11-7-10-20-21/h7-12H,13H2,1-6H3. The van der Waals surface area contributed by atoms with Crippen LogP contribution in [0.4, 0.5) is 0 Å². The van der Waals surface area contributed by atoms with E-state index in [9.17, 15) is 4.79 Å². The van der Waals surface area contributed by atoms with E-state index >= 15 is 0 Å². The Morgan fingerprint density at radius 3 is 2.32 bits per heavy atom. The summed E-state index contributed by atoms with van der Waals surface area (Å²) in [5, 5.41) is 4.34. The molecule has 0 N–H and O–H groups in total. The minimum atomic E-state index is -0.303. The lowest BCUT2D eigenvalue weighted by Gasteiger charge is -2.24. The highest BCUT2D eigenvalue weighted by Crippen LogP contribution is 2.30. The summed E-state index contributed by atoms with van der Waals surface area (Å²) in [5.74, 6) is 0.263. The zero-order valence-electron chi connectivity index (χ0n) is 14.5. The Morgan fingerprint density at radius 1 is 1.14 bits per heavy atom. The predicted octanol–water partition coefficient (Wildman–Crippen LogP) is 4.33. The number of rotatable bonds is 3. The Hall–Kier alpha value is -1.90. The lowest BCUT2D eigenvalue weighted by molar-refractivity contribution is -0.125. The van der Waals surface area contributed by atoms with Crippen molar-refractivity contribution in [3.8, 4) is 5.69 Å². The summed E-state index contributed by atoms with van der Waals surface area (Å²) in [5.41, 5.74) is 3.03. The van der Waals surface area contributed by atoms with Crippen LogP contribution in [-0.4, -0.2) is 15.6 Å². The van der Waals surface area contributed by atoms with Gasteiger partial charge in [0.25, 0.3) is 0 Å². The Kier molecular flexibility index (Phi) is 4.28. The summed E-state index contributed by atoms with van der Waals surface area (Å²) in [4.78, 5) is 12.3. The number of aromatic nitrogens is 2.